The molecule has 0 unspecified atom stereocenters. The standard InChI is InChI=1S/C18H18N2O3/c1-12-4-3-5-13(10-12)17(21)19-14-6-7-16-15(11-14)18(22)20(2)8-9-23-16/h3-7,10-11H,8-9H2,1-2H3,(H,19,21). The Labute approximate surface area is 134 Å². The van der Waals surface area contributed by atoms with E-state index >= 15 is 0 Å². The van der Waals surface area contributed by atoms with Crippen LogP contribution < -0.4 is 10.1 Å². The Morgan fingerprint density at radius 2 is 2.04 bits per heavy atom. The fourth-order valence-corrected chi connectivity index (χ4v) is 2.49. The highest BCUT2D eigenvalue weighted by Crippen LogP contribution is 2.26. The minimum atomic E-state index is -0.205. The largest absolute Gasteiger partial charge is 0.491 e. The number of hydrogen-bond donors (Lipinski definition) is 1. The van der Waals surface area contributed by atoms with Gasteiger partial charge in [-0.3, -0.25) is 9.59 Å². The highest BCUT2D eigenvalue weighted by atomic mass is 16.5. The second kappa shape index (κ2) is 6.12. The number of rotatable bonds is 2. The van der Waals surface area contributed by atoms with Gasteiger partial charge in [-0.2, -0.15) is 0 Å². The molecule has 0 saturated carbocycles. The van der Waals surface area contributed by atoms with Gasteiger partial charge in [-0.1, -0.05) is 17.7 Å². The first-order valence-corrected chi connectivity index (χ1v) is 7.45. The maximum absolute atomic E-state index is 12.3. The molecule has 23 heavy (non-hydrogen) atoms. The first-order chi connectivity index (χ1) is 11.0. The van der Waals surface area contributed by atoms with E-state index in [0.717, 1.165) is 5.56 Å². The Bertz CT molecular complexity index is 771. The maximum Gasteiger partial charge on any atom is 0.257 e. The lowest BCUT2D eigenvalue weighted by Crippen LogP contribution is -2.27. The third kappa shape index (κ3) is 3.18. The summed E-state index contributed by atoms with van der Waals surface area (Å²) in [6.07, 6.45) is 0. The molecule has 1 heterocycles. The van der Waals surface area contributed by atoms with Gasteiger partial charge >= 0.3 is 0 Å². The summed E-state index contributed by atoms with van der Waals surface area (Å²) in [5.74, 6) is 0.237. The molecule has 2 aromatic rings. The number of benzene rings is 2. The van der Waals surface area contributed by atoms with Gasteiger partial charge in [0.25, 0.3) is 11.8 Å². The Balaban J connectivity index is 1.86. The van der Waals surface area contributed by atoms with Crippen LogP contribution in [0.25, 0.3) is 0 Å². The second-order valence-electron chi connectivity index (χ2n) is 5.61. The van der Waals surface area contributed by atoms with E-state index in [1.165, 1.54) is 0 Å². The fourth-order valence-electron chi connectivity index (χ4n) is 2.49. The monoisotopic (exact) mass is 310 g/mol. The number of carbonyl (C=O) groups is 2. The van der Waals surface area contributed by atoms with Crippen LogP contribution in [0.15, 0.2) is 42.5 Å². The van der Waals surface area contributed by atoms with Crippen LogP contribution in [-0.2, 0) is 0 Å². The molecule has 3 rings (SSSR count). The van der Waals surface area contributed by atoms with Crippen molar-refractivity contribution < 1.29 is 14.3 Å². The topological polar surface area (TPSA) is 58.6 Å². The minimum Gasteiger partial charge on any atom is -0.491 e. The molecule has 0 saturated heterocycles. The van der Waals surface area contributed by atoms with Gasteiger partial charge < -0.3 is 15.0 Å². The van der Waals surface area contributed by atoms with E-state index in [2.05, 4.69) is 5.32 Å². The summed E-state index contributed by atoms with van der Waals surface area (Å²) in [5, 5.41) is 2.83. The molecule has 0 radical (unpaired) electrons. The van der Waals surface area contributed by atoms with Gasteiger partial charge in [0, 0.05) is 18.3 Å². The van der Waals surface area contributed by atoms with Crippen LogP contribution in [0.3, 0.4) is 0 Å². The van der Waals surface area contributed by atoms with Crippen LogP contribution in [0.2, 0.25) is 0 Å². The van der Waals surface area contributed by atoms with Crippen molar-refractivity contribution in [3.05, 3.63) is 59.2 Å². The van der Waals surface area contributed by atoms with E-state index in [4.69, 9.17) is 4.74 Å². The molecule has 2 amide bonds. The average Bonchev–Trinajstić information content (AvgIpc) is 2.67. The first kappa shape index (κ1) is 15.1. The minimum absolute atomic E-state index is 0.107. The molecule has 118 valence electrons. The number of fused-ring (bicyclic) bond motifs is 1. The Morgan fingerprint density at radius 1 is 1.22 bits per heavy atom. The Hall–Kier alpha value is -2.82. The predicted octanol–water partition coefficient (Wildman–Crippen LogP) is 2.71. The van der Waals surface area contributed by atoms with Crippen LogP contribution in [0.1, 0.15) is 26.3 Å². The van der Waals surface area contributed by atoms with E-state index in [-0.39, 0.29) is 11.8 Å². The zero-order valence-electron chi connectivity index (χ0n) is 13.1. The number of hydrogen-bond acceptors (Lipinski definition) is 3. The van der Waals surface area contributed by atoms with Gasteiger partial charge in [-0.15, -0.1) is 0 Å². The van der Waals surface area contributed by atoms with Crippen molar-refractivity contribution in [3.63, 3.8) is 0 Å². The summed E-state index contributed by atoms with van der Waals surface area (Å²) in [6.45, 7) is 2.94. The molecule has 0 aromatic heterocycles. The number of likely N-dealkylation sites (N-methyl/N-ethyl adjacent to an activating group) is 1. The van der Waals surface area contributed by atoms with Crippen molar-refractivity contribution in [1.82, 2.24) is 4.90 Å². The highest BCUT2D eigenvalue weighted by molar-refractivity contribution is 6.05. The predicted molar refractivity (Wildman–Crippen MR) is 88.0 cm³/mol. The zero-order chi connectivity index (χ0) is 16.4. The van der Waals surface area contributed by atoms with Crippen molar-refractivity contribution >= 4 is 17.5 Å². The summed E-state index contributed by atoms with van der Waals surface area (Å²) < 4.78 is 5.57. The van der Waals surface area contributed by atoms with Gasteiger partial charge in [0.2, 0.25) is 0 Å². The second-order valence-corrected chi connectivity index (χ2v) is 5.61. The average molecular weight is 310 g/mol. The molecule has 5 heteroatoms. The van der Waals surface area contributed by atoms with Crippen molar-refractivity contribution in [2.45, 2.75) is 6.92 Å². The zero-order valence-corrected chi connectivity index (χ0v) is 13.1. The number of anilines is 1. The molecule has 0 spiro atoms. The van der Waals surface area contributed by atoms with E-state index in [0.29, 0.717) is 35.7 Å². The molecule has 5 nitrogen and oxygen atoms in total. The van der Waals surface area contributed by atoms with E-state index < -0.39 is 0 Å². The quantitative estimate of drug-likeness (QED) is 0.928. The SMILES string of the molecule is Cc1cccc(C(=O)Nc2ccc3c(c2)C(=O)N(C)CCO3)c1. The molecule has 1 aliphatic rings. The summed E-state index contributed by atoms with van der Waals surface area (Å²) in [7, 11) is 1.73. The third-order valence-corrected chi connectivity index (χ3v) is 3.78. The summed E-state index contributed by atoms with van der Waals surface area (Å²) >= 11 is 0. The van der Waals surface area contributed by atoms with Crippen molar-refractivity contribution in [3.8, 4) is 5.75 Å². The summed E-state index contributed by atoms with van der Waals surface area (Å²) in [6, 6.07) is 12.5. The van der Waals surface area contributed by atoms with E-state index in [9.17, 15) is 9.59 Å². The van der Waals surface area contributed by atoms with Gasteiger partial charge in [-0.25, -0.2) is 0 Å². The van der Waals surface area contributed by atoms with Crippen molar-refractivity contribution in [1.29, 1.82) is 0 Å². The highest BCUT2D eigenvalue weighted by Gasteiger charge is 2.21. The number of amides is 2. The van der Waals surface area contributed by atoms with Crippen molar-refractivity contribution in [2.24, 2.45) is 0 Å². The molecule has 2 aromatic carbocycles. The molecule has 0 atom stereocenters. The van der Waals surface area contributed by atoms with Crippen LogP contribution in [0.5, 0.6) is 5.75 Å². The van der Waals surface area contributed by atoms with E-state index in [1.54, 1.807) is 36.2 Å². The number of aryl methyl sites for hydroxylation is 1. The Morgan fingerprint density at radius 3 is 2.83 bits per heavy atom. The van der Waals surface area contributed by atoms with Gasteiger partial charge in [0.1, 0.15) is 12.4 Å². The molecule has 0 aliphatic carbocycles. The van der Waals surface area contributed by atoms with Crippen LogP contribution >= 0.6 is 0 Å². The fraction of sp³-hybridized carbons (Fsp3) is 0.222. The molecular weight excluding hydrogens is 292 g/mol. The maximum atomic E-state index is 12.3. The van der Waals surface area contributed by atoms with Gasteiger partial charge in [-0.05, 0) is 37.3 Å². The van der Waals surface area contributed by atoms with Crippen LogP contribution in [0.4, 0.5) is 5.69 Å². The van der Waals surface area contributed by atoms with E-state index in [1.807, 2.05) is 25.1 Å². The van der Waals surface area contributed by atoms with Crippen molar-refractivity contribution in [2.75, 3.05) is 25.5 Å². The molecule has 0 fully saturated rings. The molecule has 1 aliphatic heterocycles. The lowest BCUT2D eigenvalue weighted by Gasteiger charge is -2.13. The molecule has 0 bridgehead atoms. The lowest BCUT2D eigenvalue weighted by molar-refractivity contribution is 0.0796. The smallest absolute Gasteiger partial charge is 0.257 e. The molecular formula is C18H18N2O3. The third-order valence-electron chi connectivity index (χ3n) is 3.78. The number of ether oxygens (including phenoxy) is 1. The summed E-state index contributed by atoms with van der Waals surface area (Å²) in [4.78, 5) is 26.2. The van der Waals surface area contributed by atoms with Crippen LogP contribution in [-0.4, -0.2) is 36.9 Å². The summed E-state index contributed by atoms with van der Waals surface area (Å²) in [5.41, 5.74) is 2.64. The molecule has 1 N–H and O–H groups in total. The van der Waals surface area contributed by atoms with Gasteiger partial charge in [0.05, 0.1) is 12.1 Å². The van der Waals surface area contributed by atoms with Gasteiger partial charge in [0.15, 0.2) is 0 Å². The number of carbonyl (C=O) groups excluding carboxylic acids is 2. The Kier molecular flexibility index (Phi) is 4.02. The lowest BCUT2D eigenvalue weighted by atomic mass is 10.1. The normalized spacial score (nSPS) is 13.8. The number of nitrogens with one attached hydrogen (secondary N) is 1. The first-order valence-electron chi connectivity index (χ1n) is 7.45. The number of nitrogens with zero attached hydrogens (tertiary/aromatic N) is 1. The van der Waals surface area contributed by atoms with Crippen LogP contribution in [0, 0.1) is 6.92 Å².